The Balaban J connectivity index is 0.00000216. The molecule has 9 heteroatoms. The maximum atomic E-state index is 12.0. The fourth-order valence-electron chi connectivity index (χ4n) is 4.03. The van der Waals surface area contributed by atoms with Gasteiger partial charge in [0.05, 0.1) is 12.1 Å². The van der Waals surface area contributed by atoms with Crippen LogP contribution in [-0.2, 0) is 19.5 Å². The summed E-state index contributed by atoms with van der Waals surface area (Å²) < 4.78 is 7.82. The van der Waals surface area contributed by atoms with Gasteiger partial charge in [-0.3, -0.25) is 19.7 Å². The summed E-state index contributed by atoms with van der Waals surface area (Å²) in [4.78, 5) is 22.8. The molecule has 1 aromatic carbocycles. The second kappa shape index (κ2) is 16.2. The van der Waals surface area contributed by atoms with Gasteiger partial charge in [0, 0.05) is 62.4 Å². The number of hydrogen-bond donors (Lipinski definition) is 0. The van der Waals surface area contributed by atoms with Crippen molar-refractivity contribution in [3.63, 3.8) is 0 Å². The van der Waals surface area contributed by atoms with Gasteiger partial charge in [0.15, 0.2) is 0 Å². The molecule has 0 aliphatic carbocycles. The first-order chi connectivity index (χ1) is 16.2. The van der Waals surface area contributed by atoms with Crippen molar-refractivity contribution in [2.75, 3.05) is 19.7 Å². The largest absolute Gasteiger partial charge is 0.494 e. The summed E-state index contributed by atoms with van der Waals surface area (Å²) in [6.07, 6.45) is 9.31. The van der Waals surface area contributed by atoms with E-state index < -0.39 is 0 Å². The topological polar surface area (TPSA) is 60.2 Å². The molecule has 0 aliphatic rings. The van der Waals surface area contributed by atoms with Crippen molar-refractivity contribution in [2.45, 2.75) is 32.9 Å². The lowest BCUT2D eigenvalue weighted by Crippen LogP contribution is -2.28. The van der Waals surface area contributed by atoms with Crippen LogP contribution in [0.3, 0.4) is 0 Å². The molecular formula is C27H33Cl3N4O2. The quantitative estimate of drug-likeness (QED) is 0.227. The highest BCUT2D eigenvalue weighted by molar-refractivity contribution is 5.86. The molecule has 0 bridgehead atoms. The van der Waals surface area contributed by atoms with E-state index in [1.54, 1.807) is 10.6 Å². The minimum atomic E-state index is 0. The lowest BCUT2D eigenvalue weighted by Gasteiger charge is -2.22. The Morgan fingerprint density at radius 3 is 2.42 bits per heavy atom. The van der Waals surface area contributed by atoms with E-state index in [4.69, 9.17) is 4.74 Å². The summed E-state index contributed by atoms with van der Waals surface area (Å²) in [7, 11) is 0. The molecule has 0 amide bonds. The molecule has 3 heterocycles. The number of pyridine rings is 3. The Labute approximate surface area is 231 Å². The SMILES string of the molecule is CCn1c(=O)ccc2cc(OCCCN(CCc3cccnc3)Cc3ccncc3)ccc21.Cl.Cl.Cl. The summed E-state index contributed by atoms with van der Waals surface area (Å²) in [6, 6.07) is 17.7. The molecule has 0 N–H and O–H groups in total. The van der Waals surface area contributed by atoms with Crippen LogP contribution in [0.15, 0.2) is 84.2 Å². The Morgan fingerprint density at radius 2 is 1.69 bits per heavy atom. The fraction of sp³-hybridized carbons (Fsp3) is 0.296. The lowest BCUT2D eigenvalue weighted by atomic mass is 10.2. The van der Waals surface area contributed by atoms with Crippen molar-refractivity contribution in [1.82, 2.24) is 19.4 Å². The second-order valence-corrected chi connectivity index (χ2v) is 8.08. The highest BCUT2D eigenvalue weighted by Crippen LogP contribution is 2.20. The number of halogens is 3. The number of rotatable bonds is 11. The zero-order valence-corrected chi connectivity index (χ0v) is 22.7. The number of fused-ring (bicyclic) bond motifs is 1. The lowest BCUT2D eigenvalue weighted by molar-refractivity contribution is 0.230. The molecule has 0 fully saturated rings. The molecule has 6 nitrogen and oxygen atoms in total. The minimum Gasteiger partial charge on any atom is -0.494 e. The zero-order chi connectivity index (χ0) is 22.9. The van der Waals surface area contributed by atoms with E-state index in [1.165, 1.54) is 11.1 Å². The molecule has 0 saturated heterocycles. The van der Waals surface area contributed by atoms with Gasteiger partial charge in [0.1, 0.15) is 5.75 Å². The highest BCUT2D eigenvalue weighted by Gasteiger charge is 2.08. The van der Waals surface area contributed by atoms with Crippen molar-refractivity contribution in [2.24, 2.45) is 0 Å². The molecule has 194 valence electrons. The average molecular weight is 552 g/mol. The monoisotopic (exact) mass is 550 g/mol. The molecule has 0 spiro atoms. The molecular weight excluding hydrogens is 519 g/mol. The first kappa shape index (κ1) is 31.4. The van der Waals surface area contributed by atoms with Crippen LogP contribution < -0.4 is 10.3 Å². The summed E-state index contributed by atoms with van der Waals surface area (Å²) in [5, 5.41) is 1.02. The Bertz CT molecular complexity index is 1220. The predicted octanol–water partition coefficient (Wildman–Crippen LogP) is 5.59. The molecule has 0 aliphatic heterocycles. The van der Waals surface area contributed by atoms with Gasteiger partial charge in [0.2, 0.25) is 0 Å². The maximum absolute atomic E-state index is 12.0. The second-order valence-electron chi connectivity index (χ2n) is 8.08. The summed E-state index contributed by atoms with van der Waals surface area (Å²) in [5.41, 5.74) is 3.47. The van der Waals surface area contributed by atoms with E-state index in [9.17, 15) is 4.79 Å². The van der Waals surface area contributed by atoms with Crippen LogP contribution >= 0.6 is 37.2 Å². The van der Waals surface area contributed by atoms with Gasteiger partial charge in [0.25, 0.3) is 5.56 Å². The van der Waals surface area contributed by atoms with E-state index >= 15 is 0 Å². The van der Waals surface area contributed by atoms with Crippen molar-refractivity contribution < 1.29 is 4.74 Å². The summed E-state index contributed by atoms with van der Waals surface area (Å²) in [5.74, 6) is 0.833. The molecule has 0 unspecified atom stereocenters. The van der Waals surface area contributed by atoms with Crippen LogP contribution in [0.5, 0.6) is 5.75 Å². The predicted molar refractivity (Wildman–Crippen MR) is 153 cm³/mol. The van der Waals surface area contributed by atoms with Gasteiger partial charge in [-0.1, -0.05) is 6.07 Å². The van der Waals surface area contributed by atoms with E-state index in [0.29, 0.717) is 13.2 Å². The third-order valence-corrected chi connectivity index (χ3v) is 5.76. The van der Waals surface area contributed by atoms with E-state index in [-0.39, 0.29) is 42.8 Å². The highest BCUT2D eigenvalue weighted by atomic mass is 35.5. The van der Waals surface area contributed by atoms with Crippen LogP contribution in [0.25, 0.3) is 10.9 Å². The molecule has 4 rings (SSSR count). The number of aromatic nitrogens is 3. The number of aryl methyl sites for hydroxylation is 1. The Hall–Kier alpha value is -2.64. The molecule has 4 aromatic rings. The standard InChI is InChI=1S/C27H30N4O2.3ClH/c1-2-31-26-8-7-25(19-24(26)6-9-27(31)32)33-18-4-16-30(21-23-10-14-28-15-11-23)17-12-22-5-3-13-29-20-22;;;/h3,5-11,13-15,19-20H,2,4,12,16-18,21H2,1H3;3*1H. The molecule has 0 atom stereocenters. The van der Waals surface area contributed by atoms with E-state index in [2.05, 4.69) is 33.1 Å². The number of hydrogen-bond acceptors (Lipinski definition) is 5. The van der Waals surface area contributed by atoms with Crippen LogP contribution in [-0.4, -0.2) is 39.1 Å². The molecule has 0 saturated carbocycles. The molecule has 3 aromatic heterocycles. The summed E-state index contributed by atoms with van der Waals surface area (Å²) in [6.45, 7) is 6.05. The fourth-order valence-corrected chi connectivity index (χ4v) is 4.03. The Morgan fingerprint density at radius 1 is 0.889 bits per heavy atom. The van der Waals surface area contributed by atoms with Gasteiger partial charge >= 0.3 is 0 Å². The van der Waals surface area contributed by atoms with Crippen LogP contribution in [0.1, 0.15) is 24.5 Å². The van der Waals surface area contributed by atoms with Gasteiger partial charge in [-0.15, -0.1) is 37.2 Å². The van der Waals surface area contributed by atoms with Gasteiger partial charge in [-0.25, -0.2) is 0 Å². The van der Waals surface area contributed by atoms with Crippen LogP contribution in [0, 0.1) is 0 Å². The first-order valence-electron chi connectivity index (χ1n) is 11.5. The number of ether oxygens (including phenoxy) is 1. The summed E-state index contributed by atoms with van der Waals surface area (Å²) >= 11 is 0. The third kappa shape index (κ3) is 8.79. The minimum absolute atomic E-state index is 0. The maximum Gasteiger partial charge on any atom is 0.250 e. The van der Waals surface area contributed by atoms with Crippen molar-refractivity contribution in [3.8, 4) is 5.75 Å². The third-order valence-electron chi connectivity index (χ3n) is 5.76. The van der Waals surface area contributed by atoms with Gasteiger partial charge in [-0.05, 0) is 73.4 Å². The number of nitrogens with zero attached hydrogens (tertiary/aromatic N) is 4. The van der Waals surface area contributed by atoms with Crippen molar-refractivity contribution >= 4 is 48.1 Å². The van der Waals surface area contributed by atoms with Crippen LogP contribution in [0.2, 0.25) is 0 Å². The molecule has 0 radical (unpaired) electrons. The normalized spacial score (nSPS) is 10.3. The smallest absolute Gasteiger partial charge is 0.250 e. The van der Waals surface area contributed by atoms with E-state index in [1.807, 2.05) is 62.0 Å². The van der Waals surface area contributed by atoms with Gasteiger partial charge < -0.3 is 9.30 Å². The average Bonchev–Trinajstić information content (AvgIpc) is 2.86. The first-order valence-corrected chi connectivity index (χ1v) is 11.5. The number of benzene rings is 1. The van der Waals surface area contributed by atoms with E-state index in [0.717, 1.165) is 49.1 Å². The van der Waals surface area contributed by atoms with Crippen molar-refractivity contribution in [1.29, 1.82) is 0 Å². The Kier molecular flexibility index (Phi) is 14.1. The van der Waals surface area contributed by atoms with Gasteiger partial charge in [-0.2, -0.15) is 0 Å². The zero-order valence-electron chi connectivity index (χ0n) is 20.3. The van der Waals surface area contributed by atoms with Crippen LogP contribution in [0.4, 0.5) is 0 Å². The van der Waals surface area contributed by atoms with Crippen molar-refractivity contribution in [3.05, 3.63) is 101 Å². The molecule has 36 heavy (non-hydrogen) atoms.